The van der Waals surface area contributed by atoms with Gasteiger partial charge >= 0.3 is 0 Å². The highest BCUT2D eigenvalue weighted by Gasteiger charge is 2.50. The van der Waals surface area contributed by atoms with Crippen molar-refractivity contribution in [3.05, 3.63) is 0 Å². The van der Waals surface area contributed by atoms with E-state index in [0.29, 0.717) is 5.92 Å². The predicted octanol–water partition coefficient (Wildman–Crippen LogP) is 3.46. The molecule has 0 heterocycles. The fourth-order valence-electron chi connectivity index (χ4n) is 4.94. The number of carbonyl (C=O) groups is 1. The van der Waals surface area contributed by atoms with Crippen LogP contribution in [0.1, 0.15) is 39.0 Å². The lowest BCUT2D eigenvalue weighted by atomic mass is 9.50. The second-order valence-electron chi connectivity index (χ2n) is 6.10. The van der Waals surface area contributed by atoms with Crippen molar-refractivity contribution < 1.29 is 4.79 Å². The largest absolute Gasteiger partial charge is 0.281 e. The molecule has 1 nitrogen and oxygen atoms in total. The van der Waals surface area contributed by atoms with E-state index in [2.05, 4.69) is 0 Å². The first-order chi connectivity index (χ1) is 7.15. The quantitative estimate of drug-likeness (QED) is 0.659. The number of rotatable bonds is 2. The van der Waals surface area contributed by atoms with E-state index in [1.807, 2.05) is 6.92 Å². The van der Waals surface area contributed by atoms with E-state index in [1.54, 1.807) is 0 Å². The van der Waals surface area contributed by atoms with E-state index < -0.39 is 0 Å². The maximum Gasteiger partial charge on any atom is 0.224 e. The van der Waals surface area contributed by atoms with Crippen LogP contribution in [-0.4, -0.2) is 5.24 Å². The van der Waals surface area contributed by atoms with Gasteiger partial charge in [0.05, 0.1) is 0 Å². The molecule has 1 unspecified atom stereocenters. The smallest absolute Gasteiger partial charge is 0.224 e. The average Bonchev–Trinajstić information content (AvgIpc) is 2.15. The van der Waals surface area contributed by atoms with E-state index in [-0.39, 0.29) is 11.2 Å². The van der Waals surface area contributed by atoms with Crippen molar-refractivity contribution >= 4 is 16.8 Å². The third kappa shape index (κ3) is 1.54. The number of hydrogen-bond acceptors (Lipinski definition) is 1. The van der Waals surface area contributed by atoms with Gasteiger partial charge in [-0.05, 0) is 73.3 Å². The van der Waals surface area contributed by atoms with Crippen LogP contribution >= 0.6 is 11.6 Å². The molecule has 0 radical (unpaired) electrons. The molecule has 1 atom stereocenters. The zero-order valence-electron chi connectivity index (χ0n) is 9.29. The Balaban J connectivity index is 1.83. The fraction of sp³-hybridized carbons (Fsp3) is 0.923. The van der Waals surface area contributed by atoms with Crippen molar-refractivity contribution in [1.82, 2.24) is 0 Å². The van der Waals surface area contributed by atoms with Crippen LogP contribution in [0.2, 0.25) is 0 Å². The average molecular weight is 227 g/mol. The zero-order chi connectivity index (χ0) is 10.6. The van der Waals surface area contributed by atoms with Crippen molar-refractivity contribution in [2.75, 3.05) is 0 Å². The van der Waals surface area contributed by atoms with Gasteiger partial charge in [0.25, 0.3) is 0 Å². The van der Waals surface area contributed by atoms with E-state index in [1.165, 1.54) is 32.1 Å². The predicted molar refractivity (Wildman–Crippen MR) is 60.6 cm³/mol. The monoisotopic (exact) mass is 226 g/mol. The Morgan fingerprint density at radius 3 is 1.93 bits per heavy atom. The second-order valence-corrected chi connectivity index (χ2v) is 6.47. The molecule has 15 heavy (non-hydrogen) atoms. The molecule has 4 aliphatic rings. The highest BCUT2D eigenvalue weighted by atomic mass is 35.5. The first-order valence-corrected chi connectivity index (χ1v) is 6.72. The van der Waals surface area contributed by atoms with E-state index in [9.17, 15) is 4.79 Å². The van der Waals surface area contributed by atoms with Crippen molar-refractivity contribution in [2.45, 2.75) is 39.0 Å². The lowest BCUT2D eigenvalue weighted by Gasteiger charge is -2.55. The standard InChI is InChI=1S/C13H19ClO/c1-7(13(14)15)12-10-3-8-2-9(5-10)6-11(12)4-8/h7-12H,2-6H2,1H3. The number of halogens is 1. The van der Waals surface area contributed by atoms with Crippen LogP contribution in [0.5, 0.6) is 0 Å². The molecular formula is C13H19ClO. The molecule has 0 saturated heterocycles. The van der Waals surface area contributed by atoms with Gasteiger partial charge in [-0.25, -0.2) is 0 Å². The molecule has 84 valence electrons. The van der Waals surface area contributed by atoms with E-state index in [0.717, 1.165) is 23.7 Å². The molecule has 0 aromatic heterocycles. The summed E-state index contributed by atoms with van der Waals surface area (Å²) in [6.45, 7) is 2.04. The number of hydrogen-bond donors (Lipinski definition) is 0. The minimum Gasteiger partial charge on any atom is -0.281 e. The fourth-order valence-corrected chi connectivity index (χ4v) is 5.08. The van der Waals surface area contributed by atoms with Gasteiger partial charge in [0, 0.05) is 5.92 Å². The molecule has 4 aliphatic carbocycles. The summed E-state index contributed by atoms with van der Waals surface area (Å²) < 4.78 is 0. The van der Waals surface area contributed by atoms with Crippen LogP contribution in [0.15, 0.2) is 0 Å². The van der Waals surface area contributed by atoms with Gasteiger partial charge in [-0.2, -0.15) is 0 Å². The Labute approximate surface area is 96.6 Å². The van der Waals surface area contributed by atoms with Crippen molar-refractivity contribution in [2.24, 2.45) is 35.5 Å². The van der Waals surface area contributed by atoms with Gasteiger partial charge in [-0.1, -0.05) is 6.92 Å². The Bertz CT molecular complexity index is 258. The lowest BCUT2D eigenvalue weighted by molar-refractivity contribution is -0.123. The third-order valence-corrected chi connectivity index (χ3v) is 5.58. The summed E-state index contributed by atoms with van der Waals surface area (Å²) in [5.41, 5.74) is 0. The van der Waals surface area contributed by atoms with Gasteiger partial charge in [-0.3, -0.25) is 4.79 Å². The SMILES string of the molecule is CC(C(=O)Cl)C1C2CC3CC(C2)CC1C3. The van der Waals surface area contributed by atoms with Gasteiger partial charge in [0.1, 0.15) is 0 Å². The van der Waals surface area contributed by atoms with Crippen molar-refractivity contribution in [3.63, 3.8) is 0 Å². The van der Waals surface area contributed by atoms with Crippen LogP contribution in [-0.2, 0) is 4.79 Å². The number of carbonyl (C=O) groups excluding carboxylic acids is 1. The third-order valence-electron chi connectivity index (χ3n) is 5.24. The molecule has 0 N–H and O–H groups in total. The Hall–Kier alpha value is -0.0400. The highest BCUT2D eigenvalue weighted by Crippen LogP contribution is 2.58. The first-order valence-electron chi connectivity index (χ1n) is 6.34. The molecular weight excluding hydrogens is 208 g/mol. The molecule has 4 fully saturated rings. The molecule has 4 rings (SSSR count). The summed E-state index contributed by atoms with van der Waals surface area (Å²) in [4.78, 5) is 11.3. The summed E-state index contributed by atoms with van der Waals surface area (Å²) in [5, 5.41) is -0.104. The Kier molecular flexibility index (Phi) is 2.35. The Morgan fingerprint density at radius 1 is 1.07 bits per heavy atom. The summed E-state index contributed by atoms with van der Waals surface area (Å²) in [6, 6.07) is 0. The highest BCUT2D eigenvalue weighted by molar-refractivity contribution is 6.63. The lowest BCUT2D eigenvalue weighted by Crippen LogP contribution is -2.48. The molecule has 0 aromatic rings. The summed E-state index contributed by atoms with van der Waals surface area (Å²) in [7, 11) is 0. The first kappa shape index (κ1) is 10.1. The molecule has 0 spiro atoms. The van der Waals surface area contributed by atoms with Gasteiger partial charge in [0.15, 0.2) is 0 Å². The zero-order valence-corrected chi connectivity index (χ0v) is 10.0. The van der Waals surface area contributed by atoms with Gasteiger partial charge in [0.2, 0.25) is 5.24 Å². The normalized spacial score (nSPS) is 49.3. The molecule has 2 heteroatoms. The Morgan fingerprint density at radius 2 is 1.53 bits per heavy atom. The van der Waals surface area contributed by atoms with Crippen LogP contribution in [0.4, 0.5) is 0 Å². The summed E-state index contributed by atoms with van der Waals surface area (Å²) in [5.74, 6) is 4.32. The minimum absolute atomic E-state index is 0.0988. The topological polar surface area (TPSA) is 17.1 Å². The molecule has 4 bridgehead atoms. The molecule has 0 aliphatic heterocycles. The van der Waals surface area contributed by atoms with Crippen LogP contribution in [0.25, 0.3) is 0 Å². The van der Waals surface area contributed by atoms with Gasteiger partial charge in [-0.15, -0.1) is 0 Å². The van der Waals surface area contributed by atoms with Crippen LogP contribution in [0, 0.1) is 35.5 Å². The van der Waals surface area contributed by atoms with Crippen molar-refractivity contribution in [1.29, 1.82) is 0 Å². The maximum atomic E-state index is 11.3. The van der Waals surface area contributed by atoms with E-state index in [4.69, 9.17) is 11.6 Å². The molecule has 4 saturated carbocycles. The van der Waals surface area contributed by atoms with Crippen LogP contribution < -0.4 is 0 Å². The van der Waals surface area contributed by atoms with Gasteiger partial charge < -0.3 is 0 Å². The van der Waals surface area contributed by atoms with Crippen molar-refractivity contribution in [3.8, 4) is 0 Å². The van der Waals surface area contributed by atoms with Crippen LogP contribution in [0.3, 0.4) is 0 Å². The summed E-state index contributed by atoms with van der Waals surface area (Å²) in [6.07, 6.45) is 7.00. The van der Waals surface area contributed by atoms with E-state index >= 15 is 0 Å². The molecule has 0 aromatic carbocycles. The maximum absolute atomic E-state index is 11.3. The minimum atomic E-state index is -0.104. The molecule has 0 amide bonds. The summed E-state index contributed by atoms with van der Waals surface area (Å²) >= 11 is 5.68. The second kappa shape index (κ2) is 3.48.